The number of aryl methyl sites for hydroxylation is 1. The van der Waals surface area contributed by atoms with Crippen molar-refractivity contribution in [2.24, 2.45) is 0 Å². The van der Waals surface area contributed by atoms with Crippen LogP contribution in [-0.2, 0) is 0 Å². The van der Waals surface area contributed by atoms with E-state index in [1.165, 1.54) is 31.7 Å². The van der Waals surface area contributed by atoms with Crippen molar-refractivity contribution < 1.29 is 9.50 Å². The molecule has 2 rings (SSSR count). The zero-order valence-electron chi connectivity index (χ0n) is 11.7. The van der Waals surface area contributed by atoms with Crippen LogP contribution in [0.25, 0.3) is 0 Å². The second kappa shape index (κ2) is 7.01. The molecule has 1 saturated heterocycles. The molecular formula is C16H24FNO. The molecule has 2 nitrogen and oxygen atoms in total. The van der Waals surface area contributed by atoms with Crippen LogP contribution in [0.15, 0.2) is 18.2 Å². The van der Waals surface area contributed by atoms with Crippen molar-refractivity contribution in [1.29, 1.82) is 0 Å². The minimum absolute atomic E-state index is 0.230. The average molecular weight is 265 g/mol. The van der Waals surface area contributed by atoms with Crippen molar-refractivity contribution in [1.82, 2.24) is 4.90 Å². The summed E-state index contributed by atoms with van der Waals surface area (Å²) in [4.78, 5) is 2.42. The van der Waals surface area contributed by atoms with Gasteiger partial charge in [0, 0.05) is 6.54 Å². The minimum Gasteiger partial charge on any atom is -0.388 e. The quantitative estimate of drug-likeness (QED) is 0.901. The van der Waals surface area contributed by atoms with E-state index in [1.807, 2.05) is 6.07 Å². The lowest BCUT2D eigenvalue weighted by Crippen LogP contribution is -2.26. The molecule has 1 aliphatic rings. The van der Waals surface area contributed by atoms with Crippen LogP contribution in [0, 0.1) is 12.7 Å². The Morgan fingerprint density at radius 3 is 2.53 bits per heavy atom. The molecule has 0 radical (unpaired) electrons. The molecular weight excluding hydrogens is 241 g/mol. The zero-order chi connectivity index (χ0) is 13.7. The standard InChI is InChI=1S/C16H24FNO/c1-13-6-7-14(12-15(13)17)16(19)8-11-18-9-4-2-3-5-10-18/h6-7,12,16,19H,2-5,8-11H2,1H3. The average Bonchev–Trinajstić information content (AvgIpc) is 2.67. The lowest BCUT2D eigenvalue weighted by atomic mass is 10.0. The Kier molecular flexibility index (Phi) is 5.34. The number of hydrogen-bond donors (Lipinski definition) is 1. The second-order valence-corrected chi connectivity index (χ2v) is 5.57. The van der Waals surface area contributed by atoms with Crippen molar-refractivity contribution in [2.45, 2.75) is 45.1 Å². The second-order valence-electron chi connectivity index (χ2n) is 5.57. The number of benzene rings is 1. The van der Waals surface area contributed by atoms with Gasteiger partial charge in [0.05, 0.1) is 6.10 Å². The zero-order valence-corrected chi connectivity index (χ0v) is 11.7. The number of likely N-dealkylation sites (tertiary alicyclic amines) is 1. The molecule has 1 N–H and O–H groups in total. The number of nitrogens with zero attached hydrogens (tertiary/aromatic N) is 1. The maximum absolute atomic E-state index is 13.5. The van der Waals surface area contributed by atoms with Gasteiger partial charge in [-0.15, -0.1) is 0 Å². The summed E-state index contributed by atoms with van der Waals surface area (Å²) < 4.78 is 13.5. The van der Waals surface area contributed by atoms with Crippen LogP contribution >= 0.6 is 0 Å². The van der Waals surface area contributed by atoms with E-state index in [4.69, 9.17) is 0 Å². The number of aliphatic hydroxyl groups is 1. The summed E-state index contributed by atoms with van der Waals surface area (Å²) in [5, 5.41) is 10.1. The maximum Gasteiger partial charge on any atom is 0.126 e. The number of hydrogen-bond acceptors (Lipinski definition) is 2. The Balaban J connectivity index is 1.85. The van der Waals surface area contributed by atoms with Crippen LogP contribution < -0.4 is 0 Å². The molecule has 1 aromatic rings. The first-order valence-corrected chi connectivity index (χ1v) is 7.33. The Labute approximate surface area is 115 Å². The number of rotatable bonds is 4. The van der Waals surface area contributed by atoms with E-state index in [1.54, 1.807) is 13.0 Å². The fraction of sp³-hybridized carbons (Fsp3) is 0.625. The third-order valence-electron chi connectivity index (χ3n) is 4.00. The first-order valence-electron chi connectivity index (χ1n) is 7.33. The van der Waals surface area contributed by atoms with Crippen molar-refractivity contribution in [3.8, 4) is 0 Å². The smallest absolute Gasteiger partial charge is 0.126 e. The van der Waals surface area contributed by atoms with Gasteiger partial charge in [0.2, 0.25) is 0 Å². The van der Waals surface area contributed by atoms with Gasteiger partial charge in [0.25, 0.3) is 0 Å². The van der Waals surface area contributed by atoms with E-state index in [2.05, 4.69) is 4.90 Å². The monoisotopic (exact) mass is 265 g/mol. The topological polar surface area (TPSA) is 23.5 Å². The van der Waals surface area contributed by atoms with E-state index in [-0.39, 0.29) is 5.82 Å². The predicted octanol–water partition coefficient (Wildman–Crippen LogP) is 3.43. The molecule has 1 aliphatic heterocycles. The van der Waals surface area contributed by atoms with Gasteiger partial charge in [0.1, 0.15) is 5.82 Å². The minimum atomic E-state index is -0.557. The van der Waals surface area contributed by atoms with Crippen molar-refractivity contribution >= 4 is 0 Å². The maximum atomic E-state index is 13.5. The van der Waals surface area contributed by atoms with Crippen LogP contribution in [0.4, 0.5) is 4.39 Å². The lowest BCUT2D eigenvalue weighted by molar-refractivity contribution is 0.142. The molecule has 19 heavy (non-hydrogen) atoms. The normalized spacial score (nSPS) is 19.1. The molecule has 1 heterocycles. The van der Waals surface area contributed by atoms with Crippen LogP contribution in [0.5, 0.6) is 0 Å². The Morgan fingerprint density at radius 2 is 1.89 bits per heavy atom. The molecule has 0 aliphatic carbocycles. The molecule has 0 spiro atoms. The van der Waals surface area contributed by atoms with Crippen molar-refractivity contribution in [3.63, 3.8) is 0 Å². The molecule has 3 heteroatoms. The van der Waals surface area contributed by atoms with Gasteiger partial charge in [-0.3, -0.25) is 0 Å². The summed E-state index contributed by atoms with van der Waals surface area (Å²) in [6, 6.07) is 5.02. The van der Waals surface area contributed by atoms with Crippen LogP contribution in [0.3, 0.4) is 0 Å². The summed E-state index contributed by atoms with van der Waals surface area (Å²) in [5.74, 6) is -0.230. The summed E-state index contributed by atoms with van der Waals surface area (Å²) in [7, 11) is 0. The van der Waals surface area contributed by atoms with E-state index in [9.17, 15) is 9.50 Å². The largest absolute Gasteiger partial charge is 0.388 e. The third kappa shape index (κ3) is 4.29. The number of halogens is 1. The van der Waals surface area contributed by atoms with Gasteiger partial charge in [-0.2, -0.15) is 0 Å². The Morgan fingerprint density at radius 1 is 1.21 bits per heavy atom. The fourth-order valence-electron chi connectivity index (χ4n) is 2.65. The molecule has 1 unspecified atom stereocenters. The van der Waals surface area contributed by atoms with Gasteiger partial charge < -0.3 is 10.0 Å². The van der Waals surface area contributed by atoms with Gasteiger partial charge >= 0.3 is 0 Å². The Bertz CT molecular complexity index is 400. The van der Waals surface area contributed by atoms with Crippen LogP contribution in [0.1, 0.15) is 49.3 Å². The lowest BCUT2D eigenvalue weighted by Gasteiger charge is -2.21. The highest BCUT2D eigenvalue weighted by molar-refractivity contribution is 5.24. The molecule has 0 aromatic heterocycles. The molecule has 1 atom stereocenters. The van der Waals surface area contributed by atoms with Crippen LogP contribution in [-0.4, -0.2) is 29.6 Å². The summed E-state index contributed by atoms with van der Waals surface area (Å²) in [5.41, 5.74) is 1.32. The third-order valence-corrected chi connectivity index (χ3v) is 4.00. The SMILES string of the molecule is Cc1ccc(C(O)CCN2CCCCCC2)cc1F. The molecule has 1 fully saturated rings. The summed E-state index contributed by atoms with van der Waals surface area (Å²) in [6.07, 6.45) is 5.29. The van der Waals surface area contributed by atoms with E-state index in [0.717, 1.165) is 19.6 Å². The van der Waals surface area contributed by atoms with Gasteiger partial charge in [-0.25, -0.2) is 4.39 Å². The summed E-state index contributed by atoms with van der Waals surface area (Å²) >= 11 is 0. The number of aliphatic hydroxyl groups excluding tert-OH is 1. The molecule has 106 valence electrons. The molecule has 1 aromatic carbocycles. The Hall–Kier alpha value is -0.930. The first-order chi connectivity index (χ1) is 9.16. The van der Waals surface area contributed by atoms with E-state index < -0.39 is 6.10 Å². The highest BCUT2D eigenvalue weighted by Gasteiger charge is 2.13. The first kappa shape index (κ1) is 14.5. The van der Waals surface area contributed by atoms with Crippen molar-refractivity contribution in [2.75, 3.05) is 19.6 Å². The van der Waals surface area contributed by atoms with E-state index >= 15 is 0 Å². The molecule has 0 amide bonds. The summed E-state index contributed by atoms with van der Waals surface area (Å²) in [6.45, 7) is 4.91. The van der Waals surface area contributed by atoms with Gasteiger partial charge in [-0.05, 0) is 56.5 Å². The van der Waals surface area contributed by atoms with Crippen molar-refractivity contribution in [3.05, 3.63) is 35.1 Å². The van der Waals surface area contributed by atoms with Gasteiger partial charge in [-0.1, -0.05) is 25.0 Å². The van der Waals surface area contributed by atoms with Crippen LogP contribution in [0.2, 0.25) is 0 Å². The highest BCUT2D eigenvalue weighted by Crippen LogP contribution is 2.20. The van der Waals surface area contributed by atoms with E-state index in [0.29, 0.717) is 17.5 Å². The molecule has 0 bridgehead atoms. The van der Waals surface area contributed by atoms with Gasteiger partial charge in [0.15, 0.2) is 0 Å². The predicted molar refractivity (Wildman–Crippen MR) is 75.6 cm³/mol. The molecule has 0 saturated carbocycles. The highest BCUT2D eigenvalue weighted by atomic mass is 19.1. The fourth-order valence-corrected chi connectivity index (χ4v) is 2.65.